The quantitative estimate of drug-likeness (QED) is 0.548. The zero-order chi connectivity index (χ0) is 15.7. The van der Waals surface area contributed by atoms with Gasteiger partial charge in [0.25, 0.3) is 0 Å². The fraction of sp³-hybridized carbons (Fsp3) is 0.800. The molecule has 0 radical (unpaired) electrons. The molecule has 1 saturated heterocycles. The Morgan fingerprint density at radius 2 is 1.67 bits per heavy atom. The molecule has 1 aliphatic carbocycles. The Hall–Kier alpha value is -0.845. The number of hydrogen-bond donors (Lipinski definition) is 3. The van der Waals surface area contributed by atoms with E-state index < -0.39 is 18.3 Å². The van der Waals surface area contributed by atoms with Gasteiger partial charge in [-0.3, -0.25) is 0 Å². The van der Waals surface area contributed by atoms with E-state index in [9.17, 15) is 5.11 Å². The van der Waals surface area contributed by atoms with Crippen LogP contribution in [0.4, 0.5) is 0 Å². The van der Waals surface area contributed by atoms with E-state index in [0.29, 0.717) is 11.5 Å². The molecule has 0 spiro atoms. The van der Waals surface area contributed by atoms with Crippen molar-refractivity contribution in [2.24, 2.45) is 0 Å². The van der Waals surface area contributed by atoms with Crippen LogP contribution in [0.15, 0.2) is 11.7 Å². The highest BCUT2D eigenvalue weighted by Gasteiger charge is 2.52. The predicted octanol–water partition coefficient (Wildman–Crippen LogP) is 2.04. The van der Waals surface area contributed by atoms with Gasteiger partial charge in [-0.2, -0.15) is 0 Å². The lowest BCUT2D eigenvalue weighted by atomic mass is 9.79. The second kappa shape index (κ2) is 6.11. The Morgan fingerprint density at radius 1 is 1.14 bits per heavy atom. The van der Waals surface area contributed by atoms with Gasteiger partial charge in [0.1, 0.15) is 0 Å². The first-order chi connectivity index (χ1) is 9.75. The van der Waals surface area contributed by atoms with E-state index in [2.05, 4.69) is 5.32 Å². The predicted molar refractivity (Wildman–Crippen MR) is 84.3 cm³/mol. The van der Waals surface area contributed by atoms with E-state index in [1.54, 1.807) is 0 Å². The molecule has 2 aliphatic rings. The Morgan fingerprint density at radius 3 is 2.14 bits per heavy atom. The summed E-state index contributed by atoms with van der Waals surface area (Å²) in [5.41, 5.74) is -0.0940. The van der Waals surface area contributed by atoms with Gasteiger partial charge in [-0.05, 0) is 59.6 Å². The highest BCUT2D eigenvalue weighted by Crippen LogP contribution is 2.38. The van der Waals surface area contributed by atoms with E-state index in [-0.39, 0.29) is 6.10 Å². The van der Waals surface area contributed by atoms with Crippen LogP contribution in [0.3, 0.4) is 0 Å². The maximum atomic E-state index is 9.52. The molecular formula is C15H27BN2O3. The first kappa shape index (κ1) is 16.5. The van der Waals surface area contributed by atoms with E-state index in [1.165, 1.54) is 6.21 Å². The van der Waals surface area contributed by atoms with Crippen molar-refractivity contribution in [3.63, 3.8) is 0 Å². The number of rotatable bonds is 4. The minimum Gasteiger partial charge on any atom is -0.399 e. The normalized spacial score (nSPS) is 32.0. The van der Waals surface area contributed by atoms with Crippen LogP contribution in [-0.2, 0) is 9.31 Å². The summed E-state index contributed by atoms with van der Waals surface area (Å²) in [6.07, 6.45) is 6.53. The molecule has 6 heteroatoms. The summed E-state index contributed by atoms with van der Waals surface area (Å²) < 4.78 is 11.9. The van der Waals surface area contributed by atoms with E-state index in [4.69, 9.17) is 14.7 Å². The largest absolute Gasteiger partial charge is 0.497 e. The molecule has 5 nitrogen and oxygen atoms in total. The lowest BCUT2D eigenvalue weighted by Gasteiger charge is -2.32. The number of allylic oxidation sites excluding steroid dienone is 1. The standard InChI is InChI=1S/C15H27BN2O3/c1-14(2)15(3,4)21-16(20-14)11(9-17)10-18-12-5-7-13(19)8-6-12/h9-10,12-13,17-19H,5-8H2,1-4H3/b11-10+,17-9?. The van der Waals surface area contributed by atoms with Gasteiger partial charge >= 0.3 is 7.12 Å². The monoisotopic (exact) mass is 294 g/mol. The van der Waals surface area contributed by atoms with E-state index in [0.717, 1.165) is 25.7 Å². The van der Waals surface area contributed by atoms with Gasteiger partial charge in [0.15, 0.2) is 0 Å². The Bertz CT molecular complexity index is 399. The molecule has 0 aromatic rings. The Kier molecular flexibility index (Phi) is 4.80. The van der Waals surface area contributed by atoms with Crippen molar-refractivity contribution >= 4 is 13.3 Å². The lowest BCUT2D eigenvalue weighted by Crippen LogP contribution is -2.41. The van der Waals surface area contributed by atoms with Gasteiger partial charge < -0.3 is 25.1 Å². The number of aliphatic hydroxyl groups excluding tert-OH is 1. The second-order valence-electron chi connectivity index (χ2n) is 7.05. The van der Waals surface area contributed by atoms with Gasteiger partial charge in [0.2, 0.25) is 0 Å². The minimum absolute atomic E-state index is 0.155. The van der Waals surface area contributed by atoms with Crippen molar-refractivity contribution in [2.75, 3.05) is 0 Å². The highest BCUT2D eigenvalue weighted by molar-refractivity contribution is 6.60. The Labute approximate surface area is 127 Å². The smallest absolute Gasteiger partial charge is 0.399 e. The third-order valence-electron chi connectivity index (χ3n) is 4.87. The van der Waals surface area contributed by atoms with E-state index in [1.807, 2.05) is 33.9 Å². The molecule has 2 rings (SSSR count). The molecule has 21 heavy (non-hydrogen) atoms. The Balaban J connectivity index is 1.97. The maximum Gasteiger partial charge on any atom is 0.497 e. The molecule has 0 aromatic carbocycles. The third kappa shape index (κ3) is 3.68. The molecule has 3 N–H and O–H groups in total. The SMILES string of the molecule is CC1(C)OB(/C(C=N)=C/NC2CCC(O)CC2)OC1(C)C. The van der Waals surface area contributed by atoms with Crippen LogP contribution in [0.2, 0.25) is 0 Å². The van der Waals surface area contributed by atoms with Gasteiger partial charge in [-0.25, -0.2) is 0 Å². The van der Waals surface area contributed by atoms with Crippen LogP contribution in [0.5, 0.6) is 0 Å². The van der Waals surface area contributed by atoms with Crippen molar-refractivity contribution in [2.45, 2.75) is 76.7 Å². The van der Waals surface area contributed by atoms with Crippen LogP contribution in [-0.4, -0.2) is 41.8 Å². The number of aliphatic hydroxyl groups is 1. The van der Waals surface area contributed by atoms with Crippen LogP contribution in [0.1, 0.15) is 53.4 Å². The molecule has 1 aliphatic heterocycles. The molecule has 2 fully saturated rings. The maximum absolute atomic E-state index is 9.52. The summed E-state index contributed by atoms with van der Waals surface area (Å²) in [7, 11) is -0.505. The van der Waals surface area contributed by atoms with Crippen LogP contribution in [0.25, 0.3) is 0 Å². The molecule has 0 aromatic heterocycles. The van der Waals surface area contributed by atoms with Crippen molar-refractivity contribution in [1.82, 2.24) is 5.32 Å². The summed E-state index contributed by atoms with van der Waals surface area (Å²) in [5.74, 6) is 0. The molecular weight excluding hydrogens is 267 g/mol. The van der Waals surface area contributed by atoms with Crippen molar-refractivity contribution in [3.8, 4) is 0 Å². The first-order valence-corrected chi connectivity index (χ1v) is 7.75. The molecule has 1 saturated carbocycles. The van der Waals surface area contributed by atoms with Gasteiger partial charge in [-0.15, -0.1) is 0 Å². The van der Waals surface area contributed by atoms with Gasteiger partial charge in [-0.1, -0.05) is 0 Å². The average molecular weight is 294 g/mol. The number of hydrogen-bond acceptors (Lipinski definition) is 5. The zero-order valence-corrected chi connectivity index (χ0v) is 13.5. The minimum atomic E-state index is -0.505. The summed E-state index contributed by atoms with van der Waals surface area (Å²) in [4.78, 5) is 0. The highest BCUT2D eigenvalue weighted by atomic mass is 16.7. The second-order valence-corrected chi connectivity index (χ2v) is 7.05. The van der Waals surface area contributed by atoms with Gasteiger partial charge in [0, 0.05) is 17.7 Å². The van der Waals surface area contributed by atoms with Crippen LogP contribution in [0, 0.1) is 5.41 Å². The summed E-state index contributed by atoms with van der Waals surface area (Å²) in [6.45, 7) is 8.02. The lowest BCUT2D eigenvalue weighted by molar-refractivity contribution is 0.00578. The van der Waals surface area contributed by atoms with E-state index >= 15 is 0 Å². The fourth-order valence-electron chi connectivity index (χ4n) is 2.61. The number of nitrogens with one attached hydrogen (secondary N) is 2. The summed E-state index contributed by atoms with van der Waals surface area (Å²) >= 11 is 0. The summed E-state index contributed by atoms with van der Waals surface area (Å²) in [6, 6.07) is 0.353. The summed E-state index contributed by atoms with van der Waals surface area (Å²) in [5, 5.41) is 20.5. The van der Waals surface area contributed by atoms with Crippen molar-refractivity contribution in [3.05, 3.63) is 11.7 Å². The third-order valence-corrected chi connectivity index (χ3v) is 4.87. The molecule has 0 amide bonds. The topological polar surface area (TPSA) is 74.6 Å². The molecule has 1 heterocycles. The van der Waals surface area contributed by atoms with Crippen molar-refractivity contribution in [1.29, 1.82) is 5.41 Å². The van der Waals surface area contributed by atoms with Gasteiger partial charge in [0.05, 0.1) is 17.3 Å². The zero-order valence-electron chi connectivity index (χ0n) is 13.5. The molecule has 0 unspecified atom stereocenters. The molecule has 0 bridgehead atoms. The van der Waals surface area contributed by atoms with Crippen LogP contribution < -0.4 is 5.32 Å². The molecule has 0 atom stereocenters. The first-order valence-electron chi connectivity index (χ1n) is 7.75. The fourth-order valence-corrected chi connectivity index (χ4v) is 2.61. The molecule has 118 valence electrons. The van der Waals surface area contributed by atoms with Crippen LogP contribution >= 0.6 is 0 Å². The van der Waals surface area contributed by atoms with Crippen molar-refractivity contribution < 1.29 is 14.4 Å². The average Bonchev–Trinajstić information content (AvgIpc) is 2.61.